The average molecular weight is 272 g/mol. The molecule has 19 heavy (non-hydrogen) atoms. The first-order valence-electron chi connectivity index (χ1n) is 5.56. The van der Waals surface area contributed by atoms with E-state index in [-0.39, 0.29) is 5.56 Å². The minimum atomic E-state index is -1.89. The Balaban J connectivity index is 2.46. The van der Waals surface area contributed by atoms with Crippen LogP contribution in [0.2, 0.25) is 0 Å². The Kier molecular flexibility index (Phi) is 3.65. The molecule has 1 aliphatic rings. The number of aromatic nitrogens is 2. The molecule has 0 spiro atoms. The minimum Gasteiger partial charge on any atom is -0.394 e. The normalized spacial score (nSPS) is 30.5. The molecule has 0 aliphatic carbocycles. The second-order valence-electron chi connectivity index (χ2n) is 4.14. The van der Waals surface area contributed by atoms with Crippen LogP contribution in [0, 0.1) is 0 Å². The van der Waals surface area contributed by atoms with Gasteiger partial charge in [-0.05, 0) is 0 Å². The Morgan fingerprint density at radius 3 is 2.79 bits per heavy atom. The smallest absolute Gasteiger partial charge is 0.330 e. The van der Waals surface area contributed by atoms with E-state index in [1.807, 2.05) is 4.98 Å². The van der Waals surface area contributed by atoms with Gasteiger partial charge < -0.3 is 14.9 Å². The Morgan fingerprint density at radius 2 is 2.26 bits per heavy atom. The largest absolute Gasteiger partial charge is 0.394 e. The van der Waals surface area contributed by atoms with Gasteiger partial charge in [-0.15, -0.1) is 0 Å². The van der Waals surface area contributed by atoms with Crippen molar-refractivity contribution in [2.75, 3.05) is 6.61 Å². The summed E-state index contributed by atoms with van der Waals surface area (Å²) in [5.74, 6) is 0. The molecule has 104 valence electrons. The number of aliphatic hydroxyl groups is 2. The maximum absolute atomic E-state index is 13.9. The Bertz CT molecular complexity index is 595. The lowest BCUT2D eigenvalue weighted by atomic mass is 10.1. The number of alkyl halides is 1. The lowest BCUT2D eigenvalue weighted by Gasteiger charge is -2.16. The highest BCUT2D eigenvalue weighted by molar-refractivity contribution is 5.43. The van der Waals surface area contributed by atoms with Gasteiger partial charge in [0.1, 0.15) is 12.2 Å². The van der Waals surface area contributed by atoms with Crippen LogP contribution in [0.15, 0.2) is 22.4 Å². The highest BCUT2D eigenvalue weighted by Gasteiger charge is 2.45. The summed E-state index contributed by atoms with van der Waals surface area (Å²) in [5.41, 5.74) is -1.45. The summed E-state index contributed by atoms with van der Waals surface area (Å²) in [6.45, 7) is 2.82. The van der Waals surface area contributed by atoms with Gasteiger partial charge in [0.25, 0.3) is 5.56 Å². The number of halogens is 1. The van der Waals surface area contributed by atoms with Gasteiger partial charge in [-0.1, -0.05) is 12.7 Å². The van der Waals surface area contributed by atoms with Crippen molar-refractivity contribution in [1.29, 1.82) is 0 Å². The maximum Gasteiger partial charge on any atom is 0.330 e. The third-order valence-corrected chi connectivity index (χ3v) is 2.96. The minimum absolute atomic E-state index is 0.0670. The number of hydrogen-bond acceptors (Lipinski definition) is 5. The van der Waals surface area contributed by atoms with E-state index >= 15 is 0 Å². The molecule has 1 unspecified atom stereocenters. The second-order valence-corrected chi connectivity index (χ2v) is 4.14. The molecule has 3 N–H and O–H groups in total. The number of aromatic amines is 1. The zero-order valence-electron chi connectivity index (χ0n) is 9.82. The number of aliphatic hydroxyl groups excluding tert-OH is 2. The van der Waals surface area contributed by atoms with Gasteiger partial charge in [0.05, 0.1) is 12.2 Å². The number of H-pyrrole nitrogens is 1. The summed E-state index contributed by atoms with van der Waals surface area (Å²) in [7, 11) is 0. The van der Waals surface area contributed by atoms with Gasteiger partial charge >= 0.3 is 5.69 Å². The van der Waals surface area contributed by atoms with Gasteiger partial charge in [0.15, 0.2) is 12.4 Å². The second kappa shape index (κ2) is 5.08. The first-order chi connectivity index (χ1) is 8.99. The Hall–Kier alpha value is -1.77. The summed E-state index contributed by atoms with van der Waals surface area (Å²) in [6, 6.07) is 0. The molecule has 2 heterocycles. The Labute approximate surface area is 106 Å². The van der Waals surface area contributed by atoms with Crippen molar-refractivity contribution in [2.45, 2.75) is 24.6 Å². The van der Waals surface area contributed by atoms with Crippen LogP contribution >= 0.6 is 0 Å². The standard InChI is InChI=1S/C11H13FN2O5/c1-2-5-3-14(11(18)13-9(5)17)10-7(12)8(16)6(4-15)19-10/h2-3,6-8,10,15-16H,1,4H2,(H,13,17,18)/t6-,7?,8-,10-/m1/s1. The summed E-state index contributed by atoms with van der Waals surface area (Å²) in [5, 5.41) is 18.4. The number of nitrogens with zero attached hydrogens (tertiary/aromatic N) is 1. The molecule has 0 bridgehead atoms. The predicted molar refractivity (Wildman–Crippen MR) is 63.3 cm³/mol. The highest BCUT2D eigenvalue weighted by atomic mass is 19.1. The zero-order valence-corrected chi connectivity index (χ0v) is 9.82. The third-order valence-electron chi connectivity index (χ3n) is 2.96. The number of rotatable bonds is 3. The van der Waals surface area contributed by atoms with Crippen LogP contribution in [-0.2, 0) is 4.74 Å². The predicted octanol–water partition coefficient (Wildman–Crippen LogP) is -1.23. The number of ether oxygens (including phenoxy) is 1. The van der Waals surface area contributed by atoms with E-state index in [0.29, 0.717) is 0 Å². The first-order valence-corrected chi connectivity index (χ1v) is 5.56. The third kappa shape index (κ3) is 2.25. The molecule has 1 aromatic rings. The lowest BCUT2D eigenvalue weighted by Crippen LogP contribution is -2.36. The lowest BCUT2D eigenvalue weighted by molar-refractivity contribution is -0.0491. The summed E-state index contributed by atoms with van der Waals surface area (Å²) < 4.78 is 19.8. The molecular weight excluding hydrogens is 259 g/mol. The highest BCUT2D eigenvalue weighted by Crippen LogP contribution is 2.30. The van der Waals surface area contributed by atoms with Crippen molar-refractivity contribution in [3.8, 4) is 0 Å². The van der Waals surface area contributed by atoms with Crippen LogP contribution in [0.4, 0.5) is 4.39 Å². The van der Waals surface area contributed by atoms with Crippen LogP contribution in [0.1, 0.15) is 11.8 Å². The number of nitrogens with one attached hydrogen (secondary N) is 1. The molecule has 7 nitrogen and oxygen atoms in total. The molecule has 8 heteroatoms. The molecular formula is C11H13FN2O5. The molecule has 0 amide bonds. The first kappa shape index (κ1) is 13.7. The summed E-state index contributed by atoms with van der Waals surface area (Å²) >= 11 is 0. The van der Waals surface area contributed by atoms with Gasteiger partial charge in [0.2, 0.25) is 0 Å². The molecule has 4 atom stereocenters. The molecule has 1 aliphatic heterocycles. The molecule has 0 aromatic carbocycles. The van der Waals surface area contributed by atoms with Crippen molar-refractivity contribution in [3.05, 3.63) is 39.2 Å². The quantitative estimate of drug-likeness (QED) is 0.639. The van der Waals surface area contributed by atoms with E-state index in [0.717, 1.165) is 10.8 Å². The molecule has 0 radical (unpaired) electrons. The van der Waals surface area contributed by atoms with Crippen molar-refractivity contribution in [3.63, 3.8) is 0 Å². The fourth-order valence-corrected chi connectivity index (χ4v) is 1.91. The van der Waals surface area contributed by atoms with E-state index in [2.05, 4.69) is 6.58 Å². The fraction of sp³-hybridized carbons (Fsp3) is 0.455. The van der Waals surface area contributed by atoms with Gasteiger partial charge in [-0.25, -0.2) is 9.18 Å². The fourth-order valence-electron chi connectivity index (χ4n) is 1.91. The van der Waals surface area contributed by atoms with Crippen LogP contribution < -0.4 is 11.2 Å². The monoisotopic (exact) mass is 272 g/mol. The van der Waals surface area contributed by atoms with Gasteiger partial charge in [-0.3, -0.25) is 14.3 Å². The van der Waals surface area contributed by atoms with Crippen molar-refractivity contribution >= 4 is 6.08 Å². The molecule has 1 fully saturated rings. The topological polar surface area (TPSA) is 105 Å². The van der Waals surface area contributed by atoms with Crippen LogP contribution in [-0.4, -0.2) is 44.8 Å². The van der Waals surface area contributed by atoms with E-state index in [4.69, 9.17) is 9.84 Å². The van der Waals surface area contributed by atoms with E-state index in [1.54, 1.807) is 0 Å². The van der Waals surface area contributed by atoms with Gasteiger partial charge in [0, 0.05) is 6.20 Å². The average Bonchev–Trinajstić information content (AvgIpc) is 2.67. The number of hydrogen-bond donors (Lipinski definition) is 3. The van der Waals surface area contributed by atoms with E-state index in [9.17, 15) is 19.1 Å². The van der Waals surface area contributed by atoms with Crippen LogP contribution in [0.5, 0.6) is 0 Å². The van der Waals surface area contributed by atoms with Crippen LogP contribution in [0.3, 0.4) is 0 Å². The van der Waals surface area contributed by atoms with E-state index in [1.165, 1.54) is 6.08 Å². The van der Waals surface area contributed by atoms with E-state index < -0.39 is 42.5 Å². The summed E-state index contributed by atoms with van der Waals surface area (Å²) in [4.78, 5) is 25.0. The SMILES string of the molecule is C=Cc1cn([C@@H]2O[C@H](CO)[C@@H](O)C2F)c(=O)[nH]c1=O. The van der Waals surface area contributed by atoms with Crippen molar-refractivity contribution in [1.82, 2.24) is 9.55 Å². The summed E-state index contributed by atoms with van der Waals surface area (Å²) in [6.07, 6.45) is -3.66. The maximum atomic E-state index is 13.9. The molecule has 1 aromatic heterocycles. The van der Waals surface area contributed by atoms with Gasteiger partial charge in [-0.2, -0.15) is 0 Å². The van der Waals surface area contributed by atoms with Crippen LogP contribution in [0.25, 0.3) is 6.08 Å². The van der Waals surface area contributed by atoms with Crippen molar-refractivity contribution in [2.24, 2.45) is 0 Å². The molecule has 2 rings (SSSR count). The van der Waals surface area contributed by atoms with Crippen molar-refractivity contribution < 1.29 is 19.3 Å². The zero-order chi connectivity index (χ0) is 14.2. The molecule has 1 saturated heterocycles. The molecule has 0 saturated carbocycles. The Morgan fingerprint density at radius 1 is 1.58 bits per heavy atom.